The van der Waals surface area contributed by atoms with Crippen LogP contribution >= 0.6 is 11.3 Å². The van der Waals surface area contributed by atoms with Crippen LogP contribution in [0.1, 0.15) is 10.4 Å². The molecule has 3 aromatic carbocycles. The van der Waals surface area contributed by atoms with Crippen molar-refractivity contribution < 1.29 is 14.6 Å². The van der Waals surface area contributed by atoms with E-state index in [1.54, 1.807) is 43.5 Å². The van der Waals surface area contributed by atoms with Crippen LogP contribution in [0.3, 0.4) is 0 Å². The Kier molecular flexibility index (Phi) is 4.48. The number of carbonyl (C=O) groups is 1. The fraction of sp³-hybridized carbons (Fsp3) is 0.0476. The van der Waals surface area contributed by atoms with E-state index in [0.29, 0.717) is 22.6 Å². The van der Waals surface area contributed by atoms with Crippen LogP contribution in [0.15, 0.2) is 66.7 Å². The van der Waals surface area contributed by atoms with Crippen molar-refractivity contribution >= 4 is 33.1 Å². The van der Waals surface area contributed by atoms with Gasteiger partial charge in [0.05, 0.1) is 22.9 Å². The SMILES string of the molecule is COc1cccc(C(=O)Nc2ccc(-c3nc4ccccc4s3)c(O)c2)c1. The number of rotatable bonds is 4. The van der Waals surface area contributed by atoms with Gasteiger partial charge in [-0.25, -0.2) is 4.98 Å². The number of para-hydroxylation sites is 1. The van der Waals surface area contributed by atoms with Gasteiger partial charge in [0.15, 0.2) is 0 Å². The van der Waals surface area contributed by atoms with Gasteiger partial charge in [-0.15, -0.1) is 11.3 Å². The van der Waals surface area contributed by atoms with Crippen LogP contribution in [0, 0.1) is 0 Å². The lowest BCUT2D eigenvalue weighted by molar-refractivity contribution is 0.102. The monoisotopic (exact) mass is 376 g/mol. The number of ether oxygens (including phenoxy) is 1. The van der Waals surface area contributed by atoms with Gasteiger partial charge < -0.3 is 15.2 Å². The van der Waals surface area contributed by atoms with Crippen molar-refractivity contribution in [3.05, 3.63) is 72.3 Å². The molecule has 0 fully saturated rings. The highest BCUT2D eigenvalue weighted by Crippen LogP contribution is 2.36. The largest absolute Gasteiger partial charge is 0.507 e. The van der Waals surface area contributed by atoms with E-state index < -0.39 is 0 Å². The Morgan fingerprint density at radius 3 is 2.70 bits per heavy atom. The molecule has 0 atom stereocenters. The minimum atomic E-state index is -0.277. The van der Waals surface area contributed by atoms with Gasteiger partial charge >= 0.3 is 0 Å². The molecule has 0 aliphatic carbocycles. The van der Waals surface area contributed by atoms with Crippen LogP contribution in [0.4, 0.5) is 5.69 Å². The molecule has 0 bridgehead atoms. The quantitative estimate of drug-likeness (QED) is 0.530. The maximum atomic E-state index is 12.4. The predicted molar refractivity (Wildman–Crippen MR) is 108 cm³/mol. The highest BCUT2D eigenvalue weighted by atomic mass is 32.1. The predicted octanol–water partition coefficient (Wildman–Crippen LogP) is 4.93. The van der Waals surface area contributed by atoms with Gasteiger partial charge in [-0.05, 0) is 42.5 Å². The zero-order chi connectivity index (χ0) is 18.8. The number of thiazole rings is 1. The smallest absolute Gasteiger partial charge is 0.255 e. The van der Waals surface area contributed by atoms with Gasteiger partial charge in [0.25, 0.3) is 5.91 Å². The van der Waals surface area contributed by atoms with Gasteiger partial charge in [0, 0.05) is 17.3 Å². The minimum Gasteiger partial charge on any atom is -0.507 e. The Balaban J connectivity index is 1.58. The van der Waals surface area contributed by atoms with E-state index in [-0.39, 0.29) is 11.7 Å². The van der Waals surface area contributed by atoms with E-state index in [9.17, 15) is 9.90 Å². The summed E-state index contributed by atoms with van der Waals surface area (Å²) in [7, 11) is 1.55. The van der Waals surface area contributed by atoms with Gasteiger partial charge in [-0.1, -0.05) is 18.2 Å². The summed E-state index contributed by atoms with van der Waals surface area (Å²) in [6.07, 6.45) is 0. The number of fused-ring (bicyclic) bond motifs is 1. The first-order valence-corrected chi connectivity index (χ1v) is 9.10. The number of nitrogens with zero attached hydrogens (tertiary/aromatic N) is 1. The lowest BCUT2D eigenvalue weighted by atomic mass is 10.1. The number of benzene rings is 3. The molecule has 1 heterocycles. The van der Waals surface area contributed by atoms with Crippen molar-refractivity contribution in [2.45, 2.75) is 0 Å². The highest BCUT2D eigenvalue weighted by Gasteiger charge is 2.13. The van der Waals surface area contributed by atoms with Crippen LogP contribution in [-0.2, 0) is 0 Å². The maximum absolute atomic E-state index is 12.4. The molecule has 0 aliphatic rings. The second-order valence-corrected chi connectivity index (χ2v) is 6.94. The fourth-order valence-electron chi connectivity index (χ4n) is 2.75. The first-order valence-electron chi connectivity index (χ1n) is 8.28. The van der Waals surface area contributed by atoms with E-state index in [4.69, 9.17) is 4.74 Å². The Hall–Kier alpha value is -3.38. The summed E-state index contributed by atoms with van der Waals surface area (Å²) in [5, 5.41) is 14.0. The number of amides is 1. The molecule has 6 heteroatoms. The van der Waals surface area contributed by atoms with Crippen LogP contribution in [0.5, 0.6) is 11.5 Å². The van der Waals surface area contributed by atoms with E-state index in [0.717, 1.165) is 15.2 Å². The number of carbonyl (C=O) groups excluding carboxylic acids is 1. The third-order valence-electron chi connectivity index (χ3n) is 4.11. The molecule has 5 nitrogen and oxygen atoms in total. The number of methoxy groups -OCH3 is 1. The number of aromatic hydroxyl groups is 1. The number of anilines is 1. The number of phenolic OH excluding ortho intramolecular Hbond substituents is 1. The third kappa shape index (κ3) is 3.47. The summed E-state index contributed by atoms with van der Waals surface area (Å²) in [6, 6.07) is 19.7. The van der Waals surface area contributed by atoms with E-state index in [2.05, 4.69) is 10.3 Å². The standard InChI is InChI=1S/C21H16N2O3S/c1-26-15-6-4-5-13(11-15)20(25)22-14-9-10-16(18(24)12-14)21-23-17-7-2-3-8-19(17)27-21/h2-12,24H,1H3,(H,22,25). The third-order valence-corrected chi connectivity index (χ3v) is 5.18. The minimum absolute atomic E-state index is 0.0671. The van der Waals surface area contributed by atoms with E-state index in [1.807, 2.05) is 24.3 Å². The van der Waals surface area contributed by atoms with Gasteiger partial charge in [0.2, 0.25) is 0 Å². The number of nitrogens with one attached hydrogen (secondary N) is 1. The Morgan fingerprint density at radius 2 is 1.93 bits per heavy atom. The van der Waals surface area contributed by atoms with Crippen LogP contribution in [0.2, 0.25) is 0 Å². The Morgan fingerprint density at radius 1 is 1.07 bits per heavy atom. The molecule has 4 aromatic rings. The molecular formula is C21H16N2O3S. The van der Waals surface area contributed by atoms with E-state index in [1.165, 1.54) is 17.4 Å². The molecule has 4 rings (SSSR count). The number of hydrogen-bond donors (Lipinski definition) is 2. The molecule has 0 spiro atoms. The summed E-state index contributed by atoms with van der Waals surface area (Å²) in [5.74, 6) is 0.398. The van der Waals surface area contributed by atoms with E-state index >= 15 is 0 Å². The molecule has 0 saturated heterocycles. The lowest BCUT2D eigenvalue weighted by Crippen LogP contribution is -2.11. The molecule has 0 saturated carbocycles. The molecule has 2 N–H and O–H groups in total. The van der Waals surface area contributed by atoms with Crippen molar-refractivity contribution in [1.82, 2.24) is 4.98 Å². The van der Waals surface area contributed by atoms with Crippen LogP contribution in [0.25, 0.3) is 20.8 Å². The molecule has 27 heavy (non-hydrogen) atoms. The van der Waals surface area contributed by atoms with Crippen molar-refractivity contribution in [1.29, 1.82) is 0 Å². The Labute approximate surface area is 159 Å². The average molecular weight is 376 g/mol. The molecular weight excluding hydrogens is 360 g/mol. The zero-order valence-electron chi connectivity index (χ0n) is 14.5. The highest BCUT2D eigenvalue weighted by molar-refractivity contribution is 7.21. The summed E-state index contributed by atoms with van der Waals surface area (Å²) in [6.45, 7) is 0. The second kappa shape index (κ2) is 7.09. The second-order valence-electron chi connectivity index (χ2n) is 5.90. The fourth-order valence-corrected chi connectivity index (χ4v) is 3.74. The van der Waals surface area contributed by atoms with Crippen molar-refractivity contribution in [2.24, 2.45) is 0 Å². The first kappa shape index (κ1) is 17.1. The number of aromatic nitrogens is 1. The summed E-state index contributed by atoms with van der Waals surface area (Å²) in [4.78, 5) is 17.0. The molecule has 0 unspecified atom stereocenters. The van der Waals surface area contributed by atoms with Gasteiger partial charge in [-0.3, -0.25) is 4.79 Å². The van der Waals surface area contributed by atoms with Gasteiger partial charge in [-0.2, -0.15) is 0 Å². The summed E-state index contributed by atoms with van der Waals surface area (Å²) < 4.78 is 6.20. The number of phenols is 1. The van der Waals surface area contributed by atoms with Gasteiger partial charge in [0.1, 0.15) is 16.5 Å². The Bertz CT molecular complexity index is 1100. The molecule has 1 aromatic heterocycles. The summed E-state index contributed by atoms with van der Waals surface area (Å²) in [5.41, 5.74) is 2.51. The first-order chi connectivity index (χ1) is 13.1. The zero-order valence-corrected chi connectivity index (χ0v) is 15.3. The lowest BCUT2D eigenvalue weighted by Gasteiger charge is -2.08. The molecule has 0 aliphatic heterocycles. The topological polar surface area (TPSA) is 71.5 Å². The average Bonchev–Trinajstić information content (AvgIpc) is 3.12. The molecule has 134 valence electrons. The summed E-state index contributed by atoms with van der Waals surface area (Å²) >= 11 is 1.51. The molecule has 0 radical (unpaired) electrons. The van der Waals surface area contributed by atoms with Crippen LogP contribution < -0.4 is 10.1 Å². The molecule has 1 amide bonds. The number of hydrogen-bond acceptors (Lipinski definition) is 5. The van der Waals surface area contributed by atoms with Crippen molar-refractivity contribution in [3.8, 4) is 22.1 Å². The maximum Gasteiger partial charge on any atom is 0.255 e. The van der Waals surface area contributed by atoms with Crippen molar-refractivity contribution in [3.63, 3.8) is 0 Å². The normalized spacial score (nSPS) is 10.7. The van der Waals surface area contributed by atoms with Crippen LogP contribution in [-0.4, -0.2) is 23.1 Å². The van der Waals surface area contributed by atoms with Crippen molar-refractivity contribution in [2.75, 3.05) is 12.4 Å².